The highest BCUT2D eigenvalue weighted by Gasteiger charge is 2.09. The number of aldehydes is 2. The molecule has 0 bridgehead atoms. The zero-order chi connectivity index (χ0) is 9.68. The van der Waals surface area contributed by atoms with Crippen LogP contribution in [0.3, 0.4) is 0 Å². The van der Waals surface area contributed by atoms with Gasteiger partial charge in [-0.05, 0) is 11.6 Å². The van der Waals surface area contributed by atoms with Crippen molar-refractivity contribution < 1.29 is 9.59 Å². The predicted molar refractivity (Wildman–Crippen MR) is 48.7 cm³/mol. The Hall–Kier alpha value is -1.22. The SMILES string of the molecule is O=CCC(C=O)c1cncc(Cl)c1. The molecule has 1 unspecified atom stereocenters. The predicted octanol–water partition coefficient (Wildman–Crippen LogP) is 1.61. The Morgan fingerprint density at radius 1 is 1.46 bits per heavy atom. The second-order valence-corrected chi connectivity index (χ2v) is 3.02. The van der Waals surface area contributed by atoms with Gasteiger partial charge in [-0.3, -0.25) is 4.98 Å². The average molecular weight is 198 g/mol. The largest absolute Gasteiger partial charge is 0.303 e. The smallest absolute Gasteiger partial charge is 0.127 e. The van der Waals surface area contributed by atoms with Crippen molar-refractivity contribution in [2.24, 2.45) is 0 Å². The monoisotopic (exact) mass is 197 g/mol. The lowest BCUT2D eigenvalue weighted by Crippen LogP contribution is -2.01. The van der Waals surface area contributed by atoms with Crippen LogP contribution in [0.15, 0.2) is 18.5 Å². The quantitative estimate of drug-likeness (QED) is 0.689. The summed E-state index contributed by atoms with van der Waals surface area (Å²) in [7, 11) is 0. The molecule has 1 aromatic rings. The number of halogens is 1. The normalized spacial score (nSPS) is 12.1. The fourth-order valence-electron chi connectivity index (χ4n) is 1.00. The Bertz CT molecular complexity index is 314. The fourth-order valence-corrected chi connectivity index (χ4v) is 1.19. The highest BCUT2D eigenvalue weighted by atomic mass is 35.5. The lowest BCUT2D eigenvalue weighted by Gasteiger charge is -2.05. The van der Waals surface area contributed by atoms with Crippen molar-refractivity contribution in [2.45, 2.75) is 12.3 Å². The molecule has 0 aliphatic rings. The van der Waals surface area contributed by atoms with Gasteiger partial charge in [-0.25, -0.2) is 0 Å². The molecule has 68 valence electrons. The summed E-state index contributed by atoms with van der Waals surface area (Å²) in [6.07, 6.45) is 4.62. The summed E-state index contributed by atoms with van der Waals surface area (Å²) >= 11 is 5.68. The number of aromatic nitrogens is 1. The van der Waals surface area contributed by atoms with E-state index < -0.39 is 5.92 Å². The molecule has 1 atom stereocenters. The summed E-state index contributed by atoms with van der Waals surface area (Å²) in [5.41, 5.74) is 0.676. The van der Waals surface area contributed by atoms with Crippen LogP contribution in [0.4, 0.5) is 0 Å². The molecular weight excluding hydrogens is 190 g/mol. The zero-order valence-electron chi connectivity index (χ0n) is 6.81. The molecular formula is C9H8ClNO2. The van der Waals surface area contributed by atoms with Gasteiger partial charge in [-0.15, -0.1) is 0 Å². The molecule has 0 N–H and O–H groups in total. The summed E-state index contributed by atoms with van der Waals surface area (Å²) < 4.78 is 0. The first-order chi connectivity index (χ1) is 6.27. The van der Waals surface area contributed by atoms with Crippen LogP contribution in [-0.4, -0.2) is 17.6 Å². The highest BCUT2D eigenvalue weighted by Crippen LogP contribution is 2.18. The summed E-state index contributed by atoms with van der Waals surface area (Å²) in [5, 5.41) is 0.468. The Balaban J connectivity index is 2.90. The third kappa shape index (κ3) is 2.63. The fraction of sp³-hybridized carbons (Fsp3) is 0.222. The van der Waals surface area contributed by atoms with Crippen LogP contribution in [0.2, 0.25) is 5.02 Å². The summed E-state index contributed by atoms with van der Waals surface area (Å²) in [6.45, 7) is 0. The van der Waals surface area contributed by atoms with Crippen molar-refractivity contribution in [1.82, 2.24) is 4.98 Å². The van der Waals surface area contributed by atoms with Gasteiger partial charge in [0.2, 0.25) is 0 Å². The first kappa shape index (κ1) is 9.86. The van der Waals surface area contributed by atoms with E-state index in [1.807, 2.05) is 0 Å². The molecule has 4 heteroatoms. The first-order valence-electron chi connectivity index (χ1n) is 3.77. The van der Waals surface area contributed by atoms with Crippen molar-refractivity contribution in [3.05, 3.63) is 29.0 Å². The van der Waals surface area contributed by atoms with Crippen LogP contribution in [0.5, 0.6) is 0 Å². The molecule has 1 rings (SSSR count). The number of hydrogen-bond donors (Lipinski definition) is 0. The number of carbonyl (C=O) groups excluding carboxylic acids is 2. The summed E-state index contributed by atoms with van der Waals surface area (Å²) in [6, 6.07) is 1.64. The maximum Gasteiger partial charge on any atom is 0.127 e. The van der Waals surface area contributed by atoms with E-state index in [0.29, 0.717) is 16.9 Å². The van der Waals surface area contributed by atoms with Crippen LogP contribution >= 0.6 is 11.6 Å². The van der Waals surface area contributed by atoms with Crippen molar-refractivity contribution in [1.29, 1.82) is 0 Å². The minimum atomic E-state index is -0.427. The second-order valence-electron chi connectivity index (χ2n) is 2.58. The Kier molecular flexibility index (Phi) is 3.58. The highest BCUT2D eigenvalue weighted by molar-refractivity contribution is 6.30. The van der Waals surface area contributed by atoms with E-state index in [0.717, 1.165) is 6.29 Å². The summed E-state index contributed by atoms with van der Waals surface area (Å²) in [5.74, 6) is -0.427. The van der Waals surface area contributed by atoms with E-state index in [4.69, 9.17) is 11.6 Å². The van der Waals surface area contributed by atoms with Crippen molar-refractivity contribution in [3.63, 3.8) is 0 Å². The number of pyridine rings is 1. The maximum absolute atomic E-state index is 10.6. The molecule has 0 saturated heterocycles. The maximum atomic E-state index is 10.6. The van der Waals surface area contributed by atoms with Gasteiger partial charge in [0.25, 0.3) is 0 Å². The van der Waals surface area contributed by atoms with Gasteiger partial charge < -0.3 is 9.59 Å². The number of carbonyl (C=O) groups is 2. The first-order valence-corrected chi connectivity index (χ1v) is 4.15. The van der Waals surface area contributed by atoms with E-state index in [9.17, 15) is 9.59 Å². The topological polar surface area (TPSA) is 47.0 Å². The van der Waals surface area contributed by atoms with Crippen molar-refractivity contribution in [3.8, 4) is 0 Å². The van der Waals surface area contributed by atoms with E-state index in [1.165, 1.54) is 12.4 Å². The standard InChI is InChI=1S/C9H8ClNO2/c10-9-3-8(4-11-5-9)7(6-13)1-2-12/h2-7H,1H2. The van der Waals surface area contributed by atoms with E-state index in [1.54, 1.807) is 6.07 Å². The lowest BCUT2D eigenvalue weighted by molar-refractivity contribution is -0.113. The van der Waals surface area contributed by atoms with Gasteiger partial charge in [0, 0.05) is 24.7 Å². The summed E-state index contributed by atoms with van der Waals surface area (Å²) in [4.78, 5) is 24.6. The van der Waals surface area contributed by atoms with Crippen LogP contribution in [-0.2, 0) is 9.59 Å². The molecule has 0 spiro atoms. The number of nitrogens with zero attached hydrogens (tertiary/aromatic N) is 1. The van der Waals surface area contributed by atoms with Crippen molar-refractivity contribution in [2.75, 3.05) is 0 Å². The molecule has 1 aromatic heterocycles. The van der Waals surface area contributed by atoms with Gasteiger partial charge in [0.15, 0.2) is 0 Å². The number of hydrogen-bond acceptors (Lipinski definition) is 3. The molecule has 1 heterocycles. The van der Waals surface area contributed by atoms with Gasteiger partial charge >= 0.3 is 0 Å². The molecule has 0 saturated carbocycles. The Morgan fingerprint density at radius 3 is 2.77 bits per heavy atom. The van der Waals surface area contributed by atoms with E-state index in [2.05, 4.69) is 4.98 Å². The molecule has 0 radical (unpaired) electrons. The number of rotatable bonds is 4. The molecule has 0 amide bonds. The average Bonchev–Trinajstić information content (AvgIpc) is 2.14. The van der Waals surface area contributed by atoms with Gasteiger partial charge in [0.05, 0.1) is 5.02 Å². The van der Waals surface area contributed by atoms with Crippen molar-refractivity contribution >= 4 is 24.2 Å². The molecule has 0 fully saturated rings. The van der Waals surface area contributed by atoms with Crippen LogP contribution in [0.25, 0.3) is 0 Å². The molecule has 0 aliphatic heterocycles. The van der Waals surface area contributed by atoms with Crippen LogP contribution in [0.1, 0.15) is 17.9 Å². The molecule has 3 nitrogen and oxygen atoms in total. The van der Waals surface area contributed by atoms with Gasteiger partial charge in [-0.2, -0.15) is 0 Å². The van der Waals surface area contributed by atoms with Crippen LogP contribution in [0, 0.1) is 0 Å². The van der Waals surface area contributed by atoms with Gasteiger partial charge in [0.1, 0.15) is 12.6 Å². The molecule has 0 aliphatic carbocycles. The van der Waals surface area contributed by atoms with Gasteiger partial charge in [-0.1, -0.05) is 11.6 Å². The molecule has 0 aromatic carbocycles. The minimum Gasteiger partial charge on any atom is -0.303 e. The molecule has 13 heavy (non-hydrogen) atoms. The Labute approximate surface area is 80.7 Å². The third-order valence-corrected chi connectivity index (χ3v) is 1.88. The third-order valence-electron chi connectivity index (χ3n) is 1.67. The zero-order valence-corrected chi connectivity index (χ0v) is 7.57. The minimum absolute atomic E-state index is 0.172. The van der Waals surface area contributed by atoms with Crippen LogP contribution < -0.4 is 0 Å². The second kappa shape index (κ2) is 4.72. The lowest BCUT2D eigenvalue weighted by atomic mass is 10.00. The Morgan fingerprint density at radius 2 is 2.23 bits per heavy atom. The van der Waals surface area contributed by atoms with E-state index in [-0.39, 0.29) is 6.42 Å². The van der Waals surface area contributed by atoms with E-state index >= 15 is 0 Å².